The number of aliphatic imine (C=N–C) groups is 1. The van der Waals surface area contributed by atoms with Gasteiger partial charge in [-0.1, -0.05) is 6.07 Å². The highest BCUT2D eigenvalue weighted by molar-refractivity contribution is 14.0. The maximum Gasteiger partial charge on any atom is 0.390 e. The van der Waals surface area contributed by atoms with Crippen LogP contribution in [0.5, 0.6) is 5.75 Å². The first-order valence-electron chi connectivity index (χ1n) is 6.38. The Labute approximate surface area is 143 Å². The zero-order valence-corrected chi connectivity index (χ0v) is 14.2. The van der Waals surface area contributed by atoms with Crippen molar-refractivity contribution in [1.82, 2.24) is 10.6 Å². The zero-order chi connectivity index (χ0) is 15.9. The van der Waals surface area contributed by atoms with Crippen molar-refractivity contribution in [3.8, 4) is 5.75 Å². The molecular formula is C13H18F4IN3O. The van der Waals surface area contributed by atoms with Crippen molar-refractivity contribution >= 4 is 29.9 Å². The molecule has 0 fully saturated rings. The summed E-state index contributed by atoms with van der Waals surface area (Å²) < 4.78 is 49.3. The summed E-state index contributed by atoms with van der Waals surface area (Å²) in [6, 6.07) is 3.81. The van der Waals surface area contributed by atoms with Gasteiger partial charge in [-0.05, 0) is 24.6 Å². The van der Waals surface area contributed by atoms with Gasteiger partial charge >= 0.3 is 6.18 Å². The van der Waals surface area contributed by atoms with Gasteiger partial charge in [-0.25, -0.2) is 9.38 Å². The van der Waals surface area contributed by atoms with Gasteiger partial charge in [-0.15, -0.1) is 24.0 Å². The molecule has 0 saturated carbocycles. The van der Waals surface area contributed by atoms with Crippen LogP contribution in [0.25, 0.3) is 0 Å². The van der Waals surface area contributed by atoms with Gasteiger partial charge in [-0.3, -0.25) is 0 Å². The lowest BCUT2D eigenvalue weighted by Crippen LogP contribution is -2.38. The van der Waals surface area contributed by atoms with E-state index in [-0.39, 0.29) is 43.0 Å². The van der Waals surface area contributed by atoms with Crippen molar-refractivity contribution in [3.05, 3.63) is 29.6 Å². The number of phenolic OH excluding ortho intramolecular Hbond substituents is 1. The van der Waals surface area contributed by atoms with Crippen molar-refractivity contribution in [2.24, 2.45) is 4.99 Å². The van der Waals surface area contributed by atoms with E-state index in [1.54, 1.807) is 6.92 Å². The fourth-order valence-corrected chi connectivity index (χ4v) is 1.48. The highest BCUT2D eigenvalue weighted by Crippen LogP contribution is 2.18. The number of benzene rings is 1. The molecule has 4 nitrogen and oxygen atoms in total. The minimum Gasteiger partial charge on any atom is -0.505 e. The van der Waals surface area contributed by atoms with E-state index in [9.17, 15) is 17.6 Å². The number of hydrogen-bond donors (Lipinski definition) is 3. The van der Waals surface area contributed by atoms with Gasteiger partial charge in [0.2, 0.25) is 0 Å². The van der Waals surface area contributed by atoms with Crippen LogP contribution in [0.1, 0.15) is 18.9 Å². The summed E-state index contributed by atoms with van der Waals surface area (Å²) in [4.78, 5) is 4.05. The van der Waals surface area contributed by atoms with Gasteiger partial charge in [0, 0.05) is 13.1 Å². The maximum atomic E-state index is 13.1. The third-order valence-electron chi connectivity index (χ3n) is 2.48. The second kappa shape index (κ2) is 9.70. The molecule has 0 atom stereocenters. The number of guanidine groups is 1. The lowest BCUT2D eigenvalue weighted by molar-refractivity contribution is -0.132. The van der Waals surface area contributed by atoms with E-state index in [1.807, 2.05) is 0 Å². The Balaban J connectivity index is 0.00000441. The summed E-state index contributed by atoms with van der Waals surface area (Å²) in [5.41, 5.74) is 0.498. The number of nitrogens with zero attached hydrogens (tertiary/aromatic N) is 1. The third-order valence-corrected chi connectivity index (χ3v) is 2.48. The lowest BCUT2D eigenvalue weighted by Gasteiger charge is -2.12. The Morgan fingerprint density at radius 1 is 1.27 bits per heavy atom. The molecule has 0 saturated heterocycles. The van der Waals surface area contributed by atoms with Crippen molar-refractivity contribution in [2.75, 3.05) is 13.1 Å². The molecule has 0 heterocycles. The van der Waals surface area contributed by atoms with E-state index in [2.05, 4.69) is 15.6 Å². The molecule has 0 aliphatic heterocycles. The van der Waals surface area contributed by atoms with Crippen molar-refractivity contribution in [2.45, 2.75) is 26.1 Å². The van der Waals surface area contributed by atoms with E-state index >= 15 is 0 Å². The number of nitrogens with one attached hydrogen (secondary N) is 2. The molecule has 0 radical (unpaired) electrons. The van der Waals surface area contributed by atoms with E-state index in [0.717, 1.165) is 6.07 Å². The minimum atomic E-state index is -4.23. The Morgan fingerprint density at radius 3 is 2.50 bits per heavy atom. The number of hydrogen-bond acceptors (Lipinski definition) is 2. The van der Waals surface area contributed by atoms with E-state index < -0.39 is 24.2 Å². The van der Waals surface area contributed by atoms with Crippen LogP contribution in [0.2, 0.25) is 0 Å². The number of alkyl halides is 3. The van der Waals surface area contributed by atoms with Crippen LogP contribution in [-0.2, 0) is 6.54 Å². The summed E-state index contributed by atoms with van der Waals surface area (Å²) >= 11 is 0. The summed E-state index contributed by atoms with van der Waals surface area (Å²) in [7, 11) is 0. The first-order chi connectivity index (χ1) is 9.81. The van der Waals surface area contributed by atoms with Crippen molar-refractivity contribution in [1.29, 1.82) is 0 Å². The zero-order valence-electron chi connectivity index (χ0n) is 11.9. The molecule has 0 unspecified atom stereocenters. The van der Waals surface area contributed by atoms with E-state index in [1.165, 1.54) is 12.1 Å². The van der Waals surface area contributed by atoms with Crippen molar-refractivity contribution < 1.29 is 22.7 Å². The van der Waals surface area contributed by atoms with Crippen LogP contribution in [0.4, 0.5) is 17.6 Å². The number of rotatable bonds is 5. The molecule has 1 aromatic carbocycles. The van der Waals surface area contributed by atoms with Gasteiger partial charge in [0.05, 0.1) is 13.0 Å². The Bertz CT molecular complexity index is 495. The molecule has 3 N–H and O–H groups in total. The minimum absolute atomic E-state index is 0. The highest BCUT2D eigenvalue weighted by atomic mass is 127. The molecule has 0 aromatic heterocycles. The summed E-state index contributed by atoms with van der Waals surface area (Å²) in [6.07, 6.45) is -5.20. The lowest BCUT2D eigenvalue weighted by atomic mass is 10.2. The molecule has 9 heteroatoms. The van der Waals surface area contributed by atoms with Crippen LogP contribution in [0.15, 0.2) is 23.2 Å². The second-order valence-electron chi connectivity index (χ2n) is 4.27. The molecule has 22 heavy (non-hydrogen) atoms. The van der Waals surface area contributed by atoms with E-state index in [0.29, 0.717) is 12.1 Å². The quantitative estimate of drug-likeness (QED) is 0.288. The molecule has 0 aliphatic rings. The third kappa shape index (κ3) is 8.25. The van der Waals surface area contributed by atoms with Gasteiger partial charge in [0.15, 0.2) is 17.5 Å². The fourth-order valence-electron chi connectivity index (χ4n) is 1.48. The molecule has 1 aromatic rings. The normalized spacial score (nSPS) is 11.8. The molecule has 0 aliphatic carbocycles. The average Bonchev–Trinajstić information content (AvgIpc) is 2.38. The molecule has 126 valence electrons. The molecule has 1 rings (SSSR count). The van der Waals surface area contributed by atoms with Crippen molar-refractivity contribution in [3.63, 3.8) is 0 Å². The fraction of sp³-hybridized carbons (Fsp3) is 0.462. The van der Waals surface area contributed by atoms with Gasteiger partial charge < -0.3 is 15.7 Å². The Kier molecular flexibility index (Phi) is 9.14. The smallest absolute Gasteiger partial charge is 0.390 e. The second-order valence-corrected chi connectivity index (χ2v) is 4.27. The molecule has 0 bridgehead atoms. The van der Waals surface area contributed by atoms with Gasteiger partial charge in [0.25, 0.3) is 0 Å². The summed E-state index contributed by atoms with van der Waals surface area (Å²) in [5.74, 6) is -1.01. The molecule has 0 amide bonds. The van der Waals surface area contributed by atoms with Crippen LogP contribution in [0, 0.1) is 5.82 Å². The molecule has 0 spiro atoms. The van der Waals surface area contributed by atoms with Crippen LogP contribution in [-0.4, -0.2) is 30.3 Å². The predicted molar refractivity (Wildman–Crippen MR) is 87.0 cm³/mol. The van der Waals surface area contributed by atoms with Crippen LogP contribution in [0.3, 0.4) is 0 Å². The summed E-state index contributed by atoms with van der Waals surface area (Å²) in [6.45, 7) is 2.06. The predicted octanol–water partition coefficient (Wildman–Crippen LogP) is 3.16. The monoisotopic (exact) mass is 435 g/mol. The Morgan fingerprint density at radius 2 is 1.95 bits per heavy atom. The van der Waals surface area contributed by atoms with Crippen LogP contribution < -0.4 is 10.6 Å². The van der Waals surface area contributed by atoms with Crippen LogP contribution >= 0.6 is 24.0 Å². The van der Waals surface area contributed by atoms with Gasteiger partial charge in [-0.2, -0.15) is 13.2 Å². The number of phenols is 1. The Hall–Kier alpha value is -1.26. The van der Waals surface area contributed by atoms with E-state index in [4.69, 9.17) is 5.11 Å². The number of halogens is 5. The van der Waals surface area contributed by atoms with Gasteiger partial charge in [0.1, 0.15) is 0 Å². The SMILES string of the molecule is CCNC(=NCc1ccc(O)c(F)c1)NCCC(F)(F)F.I. The maximum absolute atomic E-state index is 13.1. The first-order valence-corrected chi connectivity index (χ1v) is 6.38. The standard InChI is InChI=1S/C13H17F4N3O.HI/c1-2-18-12(19-6-5-13(15,16)17)20-8-9-3-4-11(21)10(14)7-9;/h3-4,7,21H,2,5-6,8H2,1H3,(H2,18,19,20);1H. The summed E-state index contributed by atoms with van der Waals surface area (Å²) in [5, 5.41) is 14.4. The molecular weight excluding hydrogens is 417 g/mol. The topological polar surface area (TPSA) is 56.7 Å². The highest BCUT2D eigenvalue weighted by Gasteiger charge is 2.26. The average molecular weight is 435 g/mol. The first kappa shape index (κ1) is 20.7. The number of aromatic hydroxyl groups is 1. The largest absolute Gasteiger partial charge is 0.505 e.